The lowest BCUT2D eigenvalue weighted by Crippen LogP contribution is -3.00. The van der Waals surface area contributed by atoms with Crippen molar-refractivity contribution in [2.24, 2.45) is 34.5 Å². The van der Waals surface area contributed by atoms with Gasteiger partial charge in [0.25, 0.3) is 0 Å². The van der Waals surface area contributed by atoms with E-state index in [1.54, 1.807) is 52.1 Å². The molecule has 2 heterocycles. The number of Topliss-reactive ketones (excluding diaryl/α,β-unsaturated/α-hetero) is 1. The number of hydrogen-bond donors (Lipinski definition) is 5. The molecule has 16 nitrogen and oxygen atoms in total. The van der Waals surface area contributed by atoms with Gasteiger partial charge in [-0.1, -0.05) is 94.0 Å². The molecule has 0 spiro atoms. The molecule has 18 heteroatoms. The van der Waals surface area contributed by atoms with Gasteiger partial charge in [0.1, 0.15) is 24.7 Å². The van der Waals surface area contributed by atoms with Crippen LogP contribution in [0.4, 0.5) is 0 Å². The first kappa shape index (κ1) is 58.1. The Balaban J connectivity index is 0.00000765. The van der Waals surface area contributed by atoms with Crippen LogP contribution in [0.15, 0.2) is 91.1 Å². The Morgan fingerprint density at radius 1 is 0.987 bits per heavy atom. The molecular formula is C58H79ClN3O13P. The van der Waals surface area contributed by atoms with Crippen LogP contribution in [0.3, 0.4) is 0 Å². The van der Waals surface area contributed by atoms with Crippen molar-refractivity contribution < 1.29 is 79.4 Å². The maximum Gasteiger partial charge on any atom is 0.524 e. The molecule has 2 aromatic carbocycles. The van der Waals surface area contributed by atoms with E-state index in [4.69, 9.17) is 23.5 Å². The SMILES string of the molecule is C[C@]12C=CC(=O)C=C1CC[C@@H]1[C@@H]2[C@@H](O)C[C@@]2(C)[C@H]1C[C@H]1O[C@@H](C3CCCCC3)O[C@]12C(=O)COC(=O)Cn1cc[n+](Cc2cc(C(O)CNCCCCCCOCCCCc3ccccc3)ccc2OP(=O)(O)O)c1.[Cl-]. The molecule has 1 aliphatic heterocycles. The van der Waals surface area contributed by atoms with Crippen molar-refractivity contribution in [2.45, 2.75) is 160 Å². The second-order valence-corrected chi connectivity index (χ2v) is 23.8. The number of fused-ring (bicyclic) bond motifs is 7. The van der Waals surface area contributed by atoms with Gasteiger partial charge in [0.05, 0.1) is 18.3 Å². The number of hydrogen-bond acceptors (Lipinski definition) is 12. The normalized spacial score (nSPS) is 29.3. The number of allylic oxidation sites excluding steroid dienone is 4. The molecule has 5 fully saturated rings. The Labute approximate surface area is 453 Å². The summed E-state index contributed by atoms with van der Waals surface area (Å²) in [5.41, 5.74) is 0.630. The summed E-state index contributed by atoms with van der Waals surface area (Å²) in [6, 6.07) is 15.2. The highest BCUT2D eigenvalue weighted by molar-refractivity contribution is 7.46. The number of carbonyl (C=O) groups is 3. The number of aliphatic hydroxyl groups is 2. The van der Waals surface area contributed by atoms with E-state index in [9.17, 15) is 38.9 Å². The lowest BCUT2D eigenvalue weighted by molar-refractivity contribution is -0.687. The summed E-state index contributed by atoms with van der Waals surface area (Å²) in [5, 5.41) is 26.7. The van der Waals surface area contributed by atoms with Gasteiger partial charge in [-0.25, -0.2) is 18.5 Å². The minimum absolute atomic E-state index is 0. The molecule has 0 radical (unpaired) electrons. The van der Waals surface area contributed by atoms with Gasteiger partial charge in [0.15, 0.2) is 30.8 Å². The Morgan fingerprint density at radius 3 is 2.53 bits per heavy atom. The lowest BCUT2D eigenvalue weighted by atomic mass is 9.46. The first-order valence-corrected chi connectivity index (χ1v) is 29.2. The number of rotatable bonds is 25. The Kier molecular flexibility index (Phi) is 19.4. The maximum atomic E-state index is 15.0. The number of nitrogens with zero attached hydrogens (tertiary/aromatic N) is 2. The summed E-state index contributed by atoms with van der Waals surface area (Å²) >= 11 is 0. The third-order valence-electron chi connectivity index (χ3n) is 17.7. The fourth-order valence-electron chi connectivity index (χ4n) is 14.1. The molecule has 4 saturated carbocycles. The summed E-state index contributed by atoms with van der Waals surface area (Å²) in [6.07, 6.45) is 22.3. The molecule has 416 valence electrons. The van der Waals surface area contributed by atoms with E-state index in [0.29, 0.717) is 24.0 Å². The molecular weight excluding hydrogens is 1010 g/mol. The minimum atomic E-state index is -4.93. The lowest BCUT2D eigenvalue weighted by Gasteiger charge is -2.59. The topological polar surface area (TPSA) is 216 Å². The van der Waals surface area contributed by atoms with Crippen LogP contribution in [-0.2, 0) is 57.4 Å². The summed E-state index contributed by atoms with van der Waals surface area (Å²) < 4.78 is 45.8. The number of esters is 1. The number of aliphatic hydroxyl groups excluding tert-OH is 2. The zero-order valence-corrected chi connectivity index (χ0v) is 45.8. The van der Waals surface area contributed by atoms with Gasteiger partial charge in [0, 0.05) is 48.0 Å². The zero-order valence-electron chi connectivity index (χ0n) is 44.1. The fourth-order valence-corrected chi connectivity index (χ4v) is 14.5. The van der Waals surface area contributed by atoms with Gasteiger partial charge in [-0.2, -0.15) is 0 Å². The molecule has 5 aliphatic carbocycles. The quantitative estimate of drug-likeness (QED) is 0.0340. The number of halogens is 1. The third kappa shape index (κ3) is 13.0. The Bertz CT molecular complexity index is 2580. The van der Waals surface area contributed by atoms with E-state index in [1.807, 2.05) is 12.1 Å². The van der Waals surface area contributed by atoms with E-state index in [2.05, 4.69) is 43.4 Å². The summed E-state index contributed by atoms with van der Waals surface area (Å²) in [5.74, 6) is -1.06. The highest BCUT2D eigenvalue weighted by atomic mass is 35.5. The van der Waals surface area contributed by atoms with Gasteiger partial charge in [0.2, 0.25) is 12.1 Å². The number of benzene rings is 2. The average molecular weight is 1090 g/mol. The largest absolute Gasteiger partial charge is 1.00 e. The van der Waals surface area contributed by atoms with Gasteiger partial charge in [-0.15, -0.1) is 0 Å². The van der Waals surface area contributed by atoms with Crippen molar-refractivity contribution in [1.82, 2.24) is 9.88 Å². The van der Waals surface area contributed by atoms with Crippen LogP contribution >= 0.6 is 7.82 Å². The number of aryl methyl sites for hydroxylation is 1. The molecule has 0 amide bonds. The van der Waals surface area contributed by atoms with Crippen molar-refractivity contribution in [3.05, 3.63) is 108 Å². The summed E-state index contributed by atoms with van der Waals surface area (Å²) in [6.45, 7) is 6.06. The van der Waals surface area contributed by atoms with E-state index >= 15 is 0 Å². The van der Waals surface area contributed by atoms with Crippen LogP contribution in [0.1, 0.15) is 133 Å². The first-order valence-electron chi connectivity index (χ1n) is 27.6. The highest BCUT2D eigenvalue weighted by Crippen LogP contribution is 2.70. The molecule has 10 atom stereocenters. The van der Waals surface area contributed by atoms with Crippen molar-refractivity contribution >= 4 is 25.4 Å². The van der Waals surface area contributed by atoms with Gasteiger partial charge < -0.3 is 51.4 Å². The van der Waals surface area contributed by atoms with Gasteiger partial charge in [-0.3, -0.25) is 19.4 Å². The van der Waals surface area contributed by atoms with Gasteiger partial charge in [-0.05, 0) is 124 Å². The molecule has 9 rings (SSSR count). The molecule has 76 heavy (non-hydrogen) atoms. The summed E-state index contributed by atoms with van der Waals surface area (Å²) in [4.78, 5) is 60.4. The predicted molar refractivity (Wildman–Crippen MR) is 278 cm³/mol. The van der Waals surface area contributed by atoms with Crippen LogP contribution in [0, 0.1) is 34.5 Å². The predicted octanol–water partition coefficient (Wildman–Crippen LogP) is 4.58. The molecule has 6 aliphatic rings. The van der Waals surface area contributed by atoms with E-state index in [-0.39, 0.29) is 73.0 Å². The monoisotopic (exact) mass is 1090 g/mol. The molecule has 1 aromatic heterocycles. The Morgan fingerprint density at radius 2 is 1.75 bits per heavy atom. The number of phosphoric ester groups is 1. The van der Waals surface area contributed by atoms with Crippen LogP contribution in [0.25, 0.3) is 0 Å². The summed E-state index contributed by atoms with van der Waals surface area (Å²) in [7, 11) is -4.93. The number of aromatic nitrogens is 2. The van der Waals surface area contributed by atoms with Crippen LogP contribution in [-0.4, -0.2) is 99.1 Å². The third-order valence-corrected chi connectivity index (χ3v) is 18.2. The van der Waals surface area contributed by atoms with Crippen molar-refractivity contribution in [1.29, 1.82) is 0 Å². The van der Waals surface area contributed by atoms with E-state index in [1.165, 1.54) is 11.6 Å². The second-order valence-electron chi connectivity index (χ2n) is 22.7. The average Bonchev–Trinajstić information content (AvgIpc) is 4.23. The van der Waals surface area contributed by atoms with Gasteiger partial charge >= 0.3 is 13.8 Å². The van der Waals surface area contributed by atoms with E-state index in [0.717, 1.165) is 115 Å². The first-order chi connectivity index (χ1) is 36.1. The molecule has 1 unspecified atom stereocenters. The smallest absolute Gasteiger partial charge is 0.524 e. The Hall–Kier alpha value is -4.06. The van der Waals surface area contributed by atoms with Crippen molar-refractivity contribution in [2.75, 3.05) is 32.9 Å². The number of ether oxygens (including phenoxy) is 4. The number of nitrogens with one attached hydrogen (secondary N) is 1. The zero-order chi connectivity index (χ0) is 52.8. The minimum Gasteiger partial charge on any atom is -1.00 e. The number of carbonyl (C=O) groups excluding carboxylic acids is 3. The highest BCUT2D eigenvalue weighted by Gasteiger charge is 2.76. The molecule has 5 N–H and O–H groups in total. The number of imidazole rings is 1. The number of unbranched alkanes of at least 4 members (excludes halogenated alkanes) is 4. The van der Waals surface area contributed by atoms with Crippen LogP contribution in [0.5, 0.6) is 5.75 Å². The fraction of sp³-hybridized carbons (Fsp3) is 0.621. The van der Waals surface area contributed by atoms with Crippen LogP contribution in [0.2, 0.25) is 0 Å². The van der Waals surface area contributed by atoms with Crippen molar-refractivity contribution in [3.8, 4) is 5.75 Å². The second kappa shape index (κ2) is 25.4. The van der Waals surface area contributed by atoms with E-state index < -0.39 is 61.4 Å². The standard InChI is InChI=1S/C58H78N3O13P.ClH/c1-56-25-24-45(62)32-44(56)21-22-46-47-33-52-58(57(47,2)34-48(63)54(46)56,73-55(72-52)41-18-9-6-10-19-41)51(65)38-71-53(66)37-61-28-27-60(39-61)36-43-31-42(20-23-50(43)74-75(67,68)69)49(64)35-59-26-12-3-4-13-29-70-30-14-11-17-40-15-7-5-8-16-40;/h5,7-8,15-16,20,23-25,27-28,31-32,39,41,46-49,52,54-55,59,63-64H,3-4,6,9-14,17-19,21-22,26,29-30,33-38H2,1-2H3,(H-,67,68,69);1H/t46-,47-,48-,49?,52+,54+,55+,56-,57-,58+;/m0./s1. The maximum absolute atomic E-state index is 15.0. The molecule has 0 bridgehead atoms. The molecule has 3 aromatic rings. The number of phosphoric acid groups is 1. The molecule has 1 saturated heterocycles. The van der Waals surface area contributed by atoms with Crippen LogP contribution < -0.4 is 26.8 Å². The number of ketones is 2. The van der Waals surface area contributed by atoms with Crippen molar-refractivity contribution in [3.63, 3.8) is 0 Å².